The Hall–Kier alpha value is -1.96. The predicted molar refractivity (Wildman–Crippen MR) is 81.1 cm³/mol. The van der Waals surface area contributed by atoms with E-state index in [-0.39, 0.29) is 0 Å². The van der Waals surface area contributed by atoms with Gasteiger partial charge in [0.15, 0.2) is 0 Å². The zero-order valence-corrected chi connectivity index (χ0v) is 11.9. The first-order chi connectivity index (χ1) is 9.15. The van der Waals surface area contributed by atoms with Crippen LogP contribution in [0.25, 0.3) is 0 Å². The summed E-state index contributed by atoms with van der Waals surface area (Å²) in [6.45, 7) is 7.77. The zero-order valence-electron chi connectivity index (χ0n) is 11.9. The third-order valence-electron chi connectivity index (χ3n) is 3.06. The molecule has 0 unspecified atom stereocenters. The molecule has 2 aromatic carbocycles. The summed E-state index contributed by atoms with van der Waals surface area (Å²) in [6, 6.07) is 14.6. The molecule has 2 aromatic rings. The zero-order chi connectivity index (χ0) is 13.7. The van der Waals surface area contributed by atoms with Crippen LogP contribution in [0.4, 0.5) is 5.69 Å². The first kappa shape index (κ1) is 13.5. The Morgan fingerprint density at radius 1 is 0.947 bits per heavy atom. The SMILES string of the molecule is Cc1cccc(OCCNc2ccc(C)cc2C)c1. The fourth-order valence-electron chi connectivity index (χ4n) is 2.07. The molecule has 0 aromatic heterocycles. The van der Waals surface area contributed by atoms with Crippen LogP contribution in [-0.4, -0.2) is 13.2 Å². The van der Waals surface area contributed by atoms with Gasteiger partial charge in [-0.2, -0.15) is 0 Å². The molecular weight excluding hydrogens is 234 g/mol. The highest BCUT2D eigenvalue weighted by Gasteiger charge is 1.98. The van der Waals surface area contributed by atoms with Gasteiger partial charge in [0.25, 0.3) is 0 Å². The van der Waals surface area contributed by atoms with Gasteiger partial charge < -0.3 is 10.1 Å². The highest BCUT2D eigenvalue weighted by atomic mass is 16.5. The second-order valence-electron chi connectivity index (χ2n) is 4.91. The lowest BCUT2D eigenvalue weighted by molar-refractivity contribution is 0.332. The van der Waals surface area contributed by atoms with Gasteiger partial charge in [0.05, 0.1) is 0 Å². The third-order valence-corrected chi connectivity index (χ3v) is 3.06. The summed E-state index contributed by atoms with van der Waals surface area (Å²) in [5, 5.41) is 3.40. The molecule has 0 bridgehead atoms. The van der Waals surface area contributed by atoms with E-state index in [1.807, 2.05) is 12.1 Å². The van der Waals surface area contributed by atoms with Crippen LogP contribution in [0, 0.1) is 20.8 Å². The molecular formula is C17H21NO. The largest absolute Gasteiger partial charge is 0.492 e. The number of benzene rings is 2. The van der Waals surface area contributed by atoms with E-state index < -0.39 is 0 Å². The maximum atomic E-state index is 5.71. The molecule has 0 aliphatic rings. The number of anilines is 1. The van der Waals surface area contributed by atoms with E-state index in [0.29, 0.717) is 6.61 Å². The minimum Gasteiger partial charge on any atom is -0.492 e. The molecule has 0 heterocycles. The Bertz CT molecular complexity index is 549. The predicted octanol–water partition coefficient (Wildman–Crippen LogP) is 4.10. The summed E-state index contributed by atoms with van der Waals surface area (Å²) in [5.41, 5.74) is 4.97. The van der Waals surface area contributed by atoms with Gasteiger partial charge >= 0.3 is 0 Å². The summed E-state index contributed by atoms with van der Waals surface area (Å²) in [7, 11) is 0. The molecule has 0 fully saturated rings. The average molecular weight is 255 g/mol. The van der Waals surface area contributed by atoms with Crippen LogP contribution in [0.2, 0.25) is 0 Å². The topological polar surface area (TPSA) is 21.3 Å². The summed E-state index contributed by atoms with van der Waals surface area (Å²) >= 11 is 0. The monoisotopic (exact) mass is 255 g/mol. The van der Waals surface area contributed by atoms with E-state index in [1.165, 1.54) is 22.4 Å². The van der Waals surface area contributed by atoms with Crippen molar-refractivity contribution in [2.24, 2.45) is 0 Å². The molecule has 2 rings (SSSR count). The Morgan fingerprint density at radius 2 is 1.74 bits per heavy atom. The second kappa shape index (κ2) is 6.28. The molecule has 0 aliphatic carbocycles. The van der Waals surface area contributed by atoms with Crippen molar-refractivity contribution in [3.63, 3.8) is 0 Å². The highest BCUT2D eigenvalue weighted by Crippen LogP contribution is 2.16. The van der Waals surface area contributed by atoms with Crippen molar-refractivity contribution >= 4 is 5.69 Å². The Kier molecular flexibility index (Phi) is 4.45. The Labute approximate surface area is 115 Å². The van der Waals surface area contributed by atoms with E-state index in [4.69, 9.17) is 4.74 Å². The van der Waals surface area contributed by atoms with Crippen LogP contribution in [0.5, 0.6) is 5.75 Å². The van der Waals surface area contributed by atoms with Gasteiger partial charge in [-0.25, -0.2) is 0 Å². The van der Waals surface area contributed by atoms with Crippen LogP contribution < -0.4 is 10.1 Å². The van der Waals surface area contributed by atoms with Crippen molar-refractivity contribution in [2.45, 2.75) is 20.8 Å². The smallest absolute Gasteiger partial charge is 0.119 e. The minimum atomic E-state index is 0.663. The van der Waals surface area contributed by atoms with E-state index in [9.17, 15) is 0 Å². The lowest BCUT2D eigenvalue weighted by Crippen LogP contribution is -2.12. The van der Waals surface area contributed by atoms with E-state index in [0.717, 1.165) is 12.3 Å². The van der Waals surface area contributed by atoms with Crippen LogP contribution in [-0.2, 0) is 0 Å². The summed E-state index contributed by atoms with van der Waals surface area (Å²) in [6.07, 6.45) is 0. The number of aryl methyl sites for hydroxylation is 3. The highest BCUT2D eigenvalue weighted by molar-refractivity contribution is 5.51. The fourth-order valence-corrected chi connectivity index (χ4v) is 2.07. The van der Waals surface area contributed by atoms with Gasteiger partial charge in [0.2, 0.25) is 0 Å². The first-order valence-corrected chi connectivity index (χ1v) is 6.66. The number of ether oxygens (including phenoxy) is 1. The van der Waals surface area contributed by atoms with E-state index >= 15 is 0 Å². The Balaban J connectivity index is 1.81. The van der Waals surface area contributed by atoms with Gasteiger partial charge in [-0.1, -0.05) is 29.8 Å². The molecule has 0 saturated heterocycles. The molecule has 0 aliphatic heterocycles. The number of hydrogen-bond acceptors (Lipinski definition) is 2. The van der Waals surface area contributed by atoms with Gasteiger partial charge in [0, 0.05) is 12.2 Å². The normalized spacial score (nSPS) is 10.3. The summed E-state index contributed by atoms with van der Waals surface area (Å²) < 4.78 is 5.71. The van der Waals surface area contributed by atoms with Crippen molar-refractivity contribution < 1.29 is 4.74 Å². The molecule has 0 radical (unpaired) electrons. The van der Waals surface area contributed by atoms with Crippen molar-refractivity contribution in [1.82, 2.24) is 0 Å². The van der Waals surface area contributed by atoms with Crippen molar-refractivity contribution in [3.05, 3.63) is 59.2 Å². The van der Waals surface area contributed by atoms with Crippen molar-refractivity contribution in [1.29, 1.82) is 0 Å². The van der Waals surface area contributed by atoms with Gasteiger partial charge in [-0.15, -0.1) is 0 Å². The number of rotatable bonds is 5. The lowest BCUT2D eigenvalue weighted by atomic mass is 10.1. The second-order valence-corrected chi connectivity index (χ2v) is 4.91. The van der Waals surface area contributed by atoms with Crippen LogP contribution >= 0.6 is 0 Å². The van der Waals surface area contributed by atoms with Crippen LogP contribution in [0.3, 0.4) is 0 Å². The fraction of sp³-hybridized carbons (Fsp3) is 0.294. The minimum absolute atomic E-state index is 0.663. The van der Waals surface area contributed by atoms with Gasteiger partial charge in [0.1, 0.15) is 12.4 Å². The van der Waals surface area contributed by atoms with Gasteiger partial charge in [-0.3, -0.25) is 0 Å². The summed E-state index contributed by atoms with van der Waals surface area (Å²) in [4.78, 5) is 0. The average Bonchev–Trinajstić information content (AvgIpc) is 2.37. The summed E-state index contributed by atoms with van der Waals surface area (Å²) in [5.74, 6) is 0.933. The standard InChI is InChI=1S/C17H21NO/c1-13-5-4-6-16(12-13)19-10-9-18-17-8-7-14(2)11-15(17)3/h4-8,11-12,18H,9-10H2,1-3H3. The molecule has 2 nitrogen and oxygen atoms in total. The van der Waals surface area contributed by atoms with Crippen molar-refractivity contribution in [2.75, 3.05) is 18.5 Å². The molecule has 100 valence electrons. The Morgan fingerprint density at radius 3 is 2.47 bits per heavy atom. The molecule has 0 saturated carbocycles. The molecule has 1 N–H and O–H groups in total. The maximum Gasteiger partial charge on any atom is 0.119 e. The number of nitrogens with one attached hydrogen (secondary N) is 1. The third kappa shape index (κ3) is 4.02. The number of hydrogen-bond donors (Lipinski definition) is 1. The maximum absolute atomic E-state index is 5.71. The molecule has 0 amide bonds. The molecule has 19 heavy (non-hydrogen) atoms. The molecule has 0 spiro atoms. The molecule has 0 atom stereocenters. The van der Waals surface area contributed by atoms with E-state index in [2.05, 4.69) is 56.4 Å². The van der Waals surface area contributed by atoms with E-state index in [1.54, 1.807) is 0 Å². The van der Waals surface area contributed by atoms with Gasteiger partial charge in [-0.05, 0) is 50.1 Å². The first-order valence-electron chi connectivity index (χ1n) is 6.66. The van der Waals surface area contributed by atoms with Crippen LogP contribution in [0.1, 0.15) is 16.7 Å². The molecule has 2 heteroatoms. The quantitative estimate of drug-likeness (QED) is 0.812. The van der Waals surface area contributed by atoms with Crippen molar-refractivity contribution in [3.8, 4) is 5.75 Å². The lowest BCUT2D eigenvalue weighted by Gasteiger charge is -2.11. The van der Waals surface area contributed by atoms with Crippen LogP contribution in [0.15, 0.2) is 42.5 Å².